The van der Waals surface area contributed by atoms with Gasteiger partial charge in [-0.25, -0.2) is 0 Å². The standard InChI is InChI=1S/C105H93B3N3O6.Ir/c1-97(2)88-52-57-102(97,9)105(78-35-17-12-18-36-78)94(88)112-106(117-105)79-37-25-28-67(61-79)89-49-46-70(64-109-89)82-40-19-22-43-85(82)73-58-74(86-44-23-20-41-83(86)71-47-50-90(110-65-71)68-29-26-38-80(62-68)107-113-95-100(7)55-53-92(98(100,3)4)103(95,115-107)76-31-13-10-14-32-76)60-75(59-73)87-45-24-21-42-84(87)72-48-51-91(111-66-72)69-30-27-39-81(63-69)108-114-96-101(8)56-54-93(99(101,5)6)104(96,116-108)77-33-15-11-16-34-77;/h10-27,31-51,58-66,88,92-96H,52-57H2,1-9H3;/q-3;+3/t88-,92-,93-,94-,95-,96-,100-,101-,102-,103+,104+,105-;/m0./s1. The van der Waals surface area contributed by atoms with Crippen LogP contribution in [0.15, 0.2) is 292 Å². The Bertz CT molecular complexity index is 5610. The van der Waals surface area contributed by atoms with E-state index in [1.807, 2.05) is 36.8 Å². The molecule has 6 bridgehead atoms. The van der Waals surface area contributed by atoms with Crippen molar-refractivity contribution in [3.8, 4) is 101 Å². The molecule has 22 rings (SSSR count). The number of nitrogens with zero attached hydrogens (tertiary/aromatic N) is 3. The molecule has 12 atom stereocenters. The number of hydrogen-bond donors (Lipinski definition) is 0. The van der Waals surface area contributed by atoms with E-state index in [-0.39, 0.29) is 70.9 Å². The molecule has 3 aliphatic heterocycles. The zero-order chi connectivity index (χ0) is 79.2. The van der Waals surface area contributed by atoms with Crippen LogP contribution in [0, 0.1) is 68.4 Å². The van der Waals surface area contributed by atoms with Crippen LogP contribution in [0.5, 0.6) is 0 Å². The van der Waals surface area contributed by atoms with Crippen molar-refractivity contribution in [2.45, 2.75) is 136 Å². The summed E-state index contributed by atoms with van der Waals surface area (Å²) in [5, 5.41) is 0. The second-order valence-electron chi connectivity index (χ2n) is 37.4. The van der Waals surface area contributed by atoms with E-state index in [2.05, 4.69) is 335 Å². The zero-order valence-electron chi connectivity index (χ0n) is 68.3. The summed E-state index contributed by atoms with van der Waals surface area (Å²) < 4.78 is 43.8. The molecule has 9 nitrogen and oxygen atoms in total. The zero-order valence-corrected chi connectivity index (χ0v) is 70.7. The number of hydrogen-bond acceptors (Lipinski definition) is 9. The number of aromatic nitrogens is 3. The molecule has 0 amide bonds. The summed E-state index contributed by atoms with van der Waals surface area (Å²) in [5.41, 5.74) is 22.4. The molecule has 0 unspecified atom stereocenters. The summed E-state index contributed by atoms with van der Waals surface area (Å²) in [7, 11) is -1.61. The van der Waals surface area contributed by atoms with Gasteiger partial charge in [0.25, 0.3) is 0 Å². The minimum atomic E-state index is -0.568. The van der Waals surface area contributed by atoms with Crippen LogP contribution in [-0.4, -0.2) is 54.6 Å². The van der Waals surface area contributed by atoms with Gasteiger partial charge in [-0.15, -0.1) is 106 Å². The Morgan fingerprint density at radius 3 is 1.03 bits per heavy atom. The molecule has 3 saturated heterocycles. The summed E-state index contributed by atoms with van der Waals surface area (Å²) in [6.45, 7) is 21.8. The van der Waals surface area contributed by atoms with E-state index in [9.17, 15) is 0 Å². The SMILES string of the molecule is CC1(C)[C@@H]2CC[C@@]1(C)[C@@H]1OB(c3cc[c-]c(-c4ccc(-c5ccccc5-c5cc(-c6ccccc6-c6ccc(-c7[c-]ccc(B8O[C@@H]9[C@](c%10ccccc%10)(O8)[C@H]8CC[C@]9(C)C8(C)C)c7)nc6)cc(-c6ccccc6-c6ccc(-c7[c-]ccc(B8O[C@H]9[C@@H]%10CC[C@@](C)(C%10(C)C)[C@@]9(c9ccccc9)O8)c7)nc6)c5)cn4)c3)O[C@@]12c1ccccc1.[Ir+3]. The predicted octanol–water partition coefficient (Wildman–Crippen LogP) is 21.7. The van der Waals surface area contributed by atoms with Crippen LogP contribution in [0.4, 0.5) is 0 Å². The molecular weight excluding hydrogens is 1620 g/mol. The number of fused-ring (bicyclic) bond motifs is 15. The number of pyridine rings is 3. The molecule has 9 fully saturated rings. The van der Waals surface area contributed by atoms with E-state index in [4.69, 9.17) is 42.9 Å². The van der Waals surface area contributed by atoms with Crippen molar-refractivity contribution in [2.24, 2.45) is 50.2 Å². The van der Waals surface area contributed by atoms with Gasteiger partial charge in [-0.2, -0.15) is 0 Å². The van der Waals surface area contributed by atoms with Gasteiger partial charge in [0.1, 0.15) is 16.8 Å². The fourth-order valence-electron chi connectivity index (χ4n) is 24.7. The summed E-state index contributed by atoms with van der Waals surface area (Å²) in [6.07, 6.45) is 12.5. The third-order valence-electron chi connectivity index (χ3n) is 31.8. The third-order valence-corrected chi connectivity index (χ3v) is 31.8. The van der Waals surface area contributed by atoms with Crippen molar-refractivity contribution < 1.29 is 48.0 Å². The maximum atomic E-state index is 7.43. The Kier molecular flexibility index (Phi) is 17.7. The molecule has 13 aromatic rings. The molecule has 582 valence electrons. The van der Waals surface area contributed by atoms with E-state index in [0.717, 1.165) is 155 Å². The van der Waals surface area contributed by atoms with Crippen molar-refractivity contribution in [3.63, 3.8) is 0 Å². The number of benzene rings is 10. The maximum Gasteiger partial charge on any atom is 3.00 e. The second-order valence-corrected chi connectivity index (χ2v) is 37.4. The van der Waals surface area contributed by atoms with Gasteiger partial charge in [0, 0.05) is 34.8 Å². The van der Waals surface area contributed by atoms with Gasteiger partial charge < -0.3 is 42.9 Å². The molecule has 9 aliphatic rings. The second kappa shape index (κ2) is 27.7. The first-order valence-corrected chi connectivity index (χ1v) is 42.3. The monoisotopic (exact) mass is 1720 g/mol. The molecule has 10 aromatic carbocycles. The van der Waals surface area contributed by atoms with Crippen molar-refractivity contribution in [2.75, 3.05) is 0 Å². The number of rotatable bonds is 15. The van der Waals surface area contributed by atoms with E-state index in [0.29, 0.717) is 17.8 Å². The molecule has 13 heteroatoms. The smallest absolute Gasteiger partial charge is 0.402 e. The van der Waals surface area contributed by atoms with E-state index in [1.54, 1.807) is 0 Å². The Balaban J connectivity index is 0.00000866. The molecule has 0 radical (unpaired) electrons. The summed E-state index contributed by atoms with van der Waals surface area (Å²) in [6, 6.07) is 108. The molecule has 0 spiro atoms. The Morgan fingerprint density at radius 2 is 0.669 bits per heavy atom. The van der Waals surface area contributed by atoms with E-state index < -0.39 is 38.2 Å². The largest absolute Gasteiger partial charge is 3.00 e. The molecule has 6 aliphatic carbocycles. The van der Waals surface area contributed by atoms with Gasteiger partial charge in [0.2, 0.25) is 0 Å². The predicted molar refractivity (Wildman–Crippen MR) is 467 cm³/mol. The van der Waals surface area contributed by atoms with Gasteiger partial charge >= 0.3 is 41.5 Å². The molecule has 6 saturated carbocycles. The van der Waals surface area contributed by atoms with Gasteiger partial charge in [-0.05, 0) is 191 Å². The van der Waals surface area contributed by atoms with Crippen LogP contribution in [0.25, 0.3) is 101 Å². The van der Waals surface area contributed by atoms with Crippen LogP contribution in [0.3, 0.4) is 0 Å². The van der Waals surface area contributed by atoms with Crippen molar-refractivity contribution in [1.29, 1.82) is 0 Å². The quantitative estimate of drug-likeness (QED) is 0.0735. The fraction of sp³-hybridized carbons (Fsp3) is 0.286. The van der Waals surface area contributed by atoms with Gasteiger partial charge in [-0.1, -0.05) is 263 Å². The van der Waals surface area contributed by atoms with Crippen molar-refractivity contribution in [3.05, 3.63) is 326 Å². The van der Waals surface area contributed by atoms with Crippen LogP contribution in [-0.2, 0) is 64.8 Å². The normalized spacial score (nSPS) is 28.6. The topological polar surface area (TPSA) is 94.1 Å². The first-order chi connectivity index (χ1) is 56.8. The summed E-state index contributed by atoms with van der Waals surface area (Å²) >= 11 is 0. The average molecular weight is 1720 g/mol. The van der Waals surface area contributed by atoms with Crippen molar-refractivity contribution >= 4 is 37.7 Å². The van der Waals surface area contributed by atoms with Crippen LogP contribution < -0.4 is 16.4 Å². The molecule has 3 aromatic heterocycles. The van der Waals surface area contributed by atoms with E-state index in [1.165, 1.54) is 16.7 Å². The van der Waals surface area contributed by atoms with Crippen LogP contribution in [0.1, 0.15) is 118 Å². The molecule has 0 N–H and O–H groups in total. The average Bonchev–Trinajstić information content (AvgIpc) is 1.50. The summed E-state index contributed by atoms with van der Waals surface area (Å²) in [4.78, 5) is 15.7. The third kappa shape index (κ3) is 10.8. The van der Waals surface area contributed by atoms with Crippen LogP contribution >= 0.6 is 0 Å². The van der Waals surface area contributed by atoms with Crippen molar-refractivity contribution in [1.82, 2.24) is 15.0 Å². The minimum absolute atomic E-state index is 0. The van der Waals surface area contributed by atoms with Gasteiger partial charge in [0.05, 0.1) is 18.3 Å². The maximum absolute atomic E-state index is 7.43. The fourth-order valence-corrected chi connectivity index (χ4v) is 24.7. The molecular formula is C105H93B3IrN3O6. The Labute approximate surface area is 709 Å². The van der Waals surface area contributed by atoms with Gasteiger partial charge in [0.15, 0.2) is 0 Å². The molecule has 6 heterocycles. The first kappa shape index (κ1) is 75.7. The summed E-state index contributed by atoms with van der Waals surface area (Å²) in [5.74, 6) is 1.01. The van der Waals surface area contributed by atoms with Gasteiger partial charge in [-0.3, -0.25) is 0 Å². The molecule has 118 heavy (non-hydrogen) atoms. The Hall–Kier alpha value is -9.75. The first-order valence-electron chi connectivity index (χ1n) is 42.3. The minimum Gasteiger partial charge on any atom is -0.402 e. The Morgan fingerprint density at radius 1 is 0.331 bits per heavy atom. The van der Waals surface area contributed by atoms with E-state index >= 15 is 0 Å². The van der Waals surface area contributed by atoms with Crippen LogP contribution in [0.2, 0.25) is 0 Å².